The fourth-order valence-electron chi connectivity index (χ4n) is 5.83. The number of hydrogen-bond donors (Lipinski definition) is 1. The summed E-state index contributed by atoms with van der Waals surface area (Å²) in [6.07, 6.45) is 2.96. The van der Waals surface area contributed by atoms with Crippen LogP contribution in [0.2, 0.25) is 0 Å². The molecule has 4 atom stereocenters. The van der Waals surface area contributed by atoms with Crippen LogP contribution in [0.3, 0.4) is 0 Å². The first-order valence-corrected chi connectivity index (χ1v) is 11.4. The molecular formula is C24H24F3N5O. The van der Waals surface area contributed by atoms with Gasteiger partial charge in [-0.25, -0.2) is 15.0 Å². The number of nitrogens with zero attached hydrogens (tertiary/aromatic N) is 4. The lowest BCUT2D eigenvalue weighted by Gasteiger charge is -2.45. The van der Waals surface area contributed by atoms with Crippen molar-refractivity contribution in [3.63, 3.8) is 0 Å². The van der Waals surface area contributed by atoms with Crippen LogP contribution in [-0.2, 0) is 17.3 Å². The van der Waals surface area contributed by atoms with Gasteiger partial charge in [0.05, 0.1) is 18.6 Å². The normalized spacial score (nSPS) is 28.0. The Morgan fingerprint density at radius 2 is 1.88 bits per heavy atom. The summed E-state index contributed by atoms with van der Waals surface area (Å²) in [5.41, 5.74) is 1.83. The molecule has 2 aliphatic heterocycles. The van der Waals surface area contributed by atoms with E-state index in [4.69, 9.17) is 4.74 Å². The van der Waals surface area contributed by atoms with Crippen molar-refractivity contribution in [3.8, 4) is 0 Å². The van der Waals surface area contributed by atoms with Gasteiger partial charge in [-0.05, 0) is 42.9 Å². The van der Waals surface area contributed by atoms with Crippen molar-refractivity contribution in [3.05, 3.63) is 53.5 Å². The highest BCUT2D eigenvalue weighted by molar-refractivity contribution is 5.88. The van der Waals surface area contributed by atoms with E-state index in [1.54, 1.807) is 0 Å². The van der Waals surface area contributed by atoms with Crippen LogP contribution in [0.25, 0.3) is 11.0 Å². The maximum absolute atomic E-state index is 13.2. The van der Waals surface area contributed by atoms with E-state index in [1.807, 2.05) is 12.3 Å². The van der Waals surface area contributed by atoms with Gasteiger partial charge in [0.25, 0.3) is 0 Å². The van der Waals surface area contributed by atoms with Gasteiger partial charge in [-0.1, -0.05) is 24.3 Å². The number of nitrogens with one attached hydrogen (secondary N) is 1. The number of ether oxygens (including phenoxy) is 1. The van der Waals surface area contributed by atoms with E-state index in [2.05, 4.69) is 43.0 Å². The van der Waals surface area contributed by atoms with Crippen molar-refractivity contribution in [2.45, 2.75) is 55.9 Å². The van der Waals surface area contributed by atoms with Crippen LogP contribution in [0.1, 0.15) is 42.0 Å². The summed E-state index contributed by atoms with van der Waals surface area (Å²) in [7, 11) is 0. The number of alkyl halides is 3. The number of halogens is 3. The number of aryl methyl sites for hydroxylation is 1. The molecule has 1 aromatic carbocycles. The van der Waals surface area contributed by atoms with E-state index in [0.29, 0.717) is 12.1 Å². The summed E-state index contributed by atoms with van der Waals surface area (Å²) in [6.45, 7) is 1.52. The summed E-state index contributed by atoms with van der Waals surface area (Å²) >= 11 is 0. The van der Waals surface area contributed by atoms with Crippen molar-refractivity contribution < 1.29 is 17.9 Å². The number of rotatable bonds is 3. The number of aromatic amines is 1. The molecule has 3 aromatic rings. The van der Waals surface area contributed by atoms with Crippen molar-refractivity contribution in [2.24, 2.45) is 4.99 Å². The van der Waals surface area contributed by atoms with Gasteiger partial charge in [0, 0.05) is 30.3 Å². The number of H-pyrrole nitrogens is 1. The summed E-state index contributed by atoms with van der Waals surface area (Å²) in [5, 5.41) is 0.271. The standard InChI is InChI=1S/C24H24F3N5O/c25-24(26,27)21-9-18-22(29-13-30-23(18)31-21)28-10-19-17-4-2-1-3-14(17)5-8-20(19)32-15-6-7-16(32)12-33-11-15/h1-4,9-10,13,15-16,19-20H,5-8,11-12H2,(H,29,30,31)/t15?,16?,19?,20-/m0/s1. The van der Waals surface area contributed by atoms with Crippen molar-refractivity contribution >= 4 is 23.1 Å². The second-order valence-electron chi connectivity index (χ2n) is 9.12. The van der Waals surface area contributed by atoms with E-state index in [1.165, 1.54) is 17.5 Å². The summed E-state index contributed by atoms with van der Waals surface area (Å²) in [4.78, 5) is 17.8. The van der Waals surface area contributed by atoms with Crippen molar-refractivity contribution in [2.75, 3.05) is 13.2 Å². The molecule has 3 unspecified atom stereocenters. The fraction of sp³-hybridized carbons (Fsp3) is 0.458. The molecule has 0 saturated carbocycles. The van der Waals surface area contributed by atoms with Crippen LogP contribution in [0.5, 0.6) is 0 Å². The van der Waals surface area contributed by atoms with E-state index in [0.717, 1.165) is 45.0 Å². The van der Waals surface area contributed by atoms with Gasteiger partial charge < -0.3 is 9.72 Å². The molecule has 2 saturated heterocycles. The van der Waals surface area contributed by atoms with Crippen LogP contribution >= 0.6 is 0 Å². The largest absolute Gasteiger partial charge is 0.431 e. The lowest BCUT2D eigenvalue weighted by Crippen LogP contribution is -2.54. The Labute approximate surface area is 188 Å². The number of benzene rings is 1. The van der Waals surface area contributed by atoms with Gasteiger partial charge in [0.15, 0.2) is 5.82 Å². The smallest absolute Gasteiger partial charge is 0.378 e. The third-order valence-electron chi connectivity index (χ3n) is 7.29. The van der Waals surface area contributed by atoms with E-state index < -0.39 is 11.9 Å². The van der Waals surface area contributed by atoms with Crippen LogP contribution in [0.15, 0.2) is 41.7 Å². The Hall–Kier alpha value is -2.78. The van der Waals surface area contributed by atoms with Gasteiger partial charge in [-0.15, -0.1) is 0 Å². The minimum atomic E-state index is -4.48. The summed E-state index contributed by atoms with van der Waals surface area (Å²) in [5.74, 6) is 0.278. The Kier molecular flexibility index (Phi) is 4.99. The molecule has 1 N–H and O–H groups in total. The zero-order valence-electron chi connectivity index (χ0n) is 17.9. The van der Waals surface area contributed by atoms with Crippen molar-refractivity contribution in [1.82, 2.24) is 19.9 Å². The maximum Gasteiger partial charge on any atom is 0.431 e. The lowest BCUT2D eigenvalue weighted by molar-refractivity contribution is -0.140. The fourth-order valence-corrected chi connectivity index (χ4v) is 5.83. The van der Waals surface area contributed by atoms with Gasteiger partial charge in [0.2, 0.25) is 0 Å². The number of aliphatic imine (C=N–C) groups is 1. The molecule has 2 bridgehead atoms. The number of aromatic nitrogens is 3. The zero-order chi connectivity index (χ0) is 22.6. The van der Waals surface area contributed by atoms with Gasteiger partial charge in [-0.3, -0.25) is 4.90 Å². The molecule has 6 rings (SSSR count). The third-order valence-corrected chi connectivity index (χ3v) is 7.29. The molecule has 1 aliphatic carbocycles. The first-order valence-electron chi connectivity index (χ1n) is 11.4. The van der Waals surface area contributed by atoms with Crippen LogP contribution in [-0.4, -0.2) is 57.4 Å². The first-order chi connectivity index (χ1) is 16.0. The second kappa shape index (κ2) is 7.92. The minimum Gasteiger partial charge on any atom is -0.378 e. The summed E-state index contributed by atoms with van der Waals surface area (Å²) < 4.78 is 45.4. The molecular weight excluding hydrogens is 431 g/mol. The number of hydrogen-bond acceptors (Lipinski definition) is 5. The number of morpholine rings is 1. The highest BCUT2D eigenvalue weighted by Crippen LogP contribution is 2.41. The van der Waals surface area contributed by atoms with E-state index >= 15 is 0 Å². The Morgan fingerprint density at radius 3 is 2.67 bits per heavy atom. The maximum atomic E-state index is 13.2. The molecule has 4 heterocycles. The topological polar surface area (TPSA) is 66.4 Å². The predicted molar refractivity (Wildman–Crippen MR) is 118 cm³/mol. The molecule has 172 valence electrons. The Balaban J connectivity index is 1.39. The molecule has 0 radical (unpaired) electrons. The first kappa shape index (κ1) is 20.8. The molecule has 6 nitrogen and oxygen atoms in total. The van der Waals surface area contributed by atoms with E-state index in [9.17, 15) is 13.2 Å². The zero-order valence-corrected chi connectivity index (χ0v) is 17.9. The highest BCUT2D eigenvalue weighted by atomic mass is 19.4. The number of fused-ring (bicyclic) bond motifs is 4. The second-order valence-corrected chi connectivity index (χ2v) is 9.12. The molecule has 0 spiro atoms. The Morgan fingerprint density at radius 1 is 1.09 bits per heavy atom. The van der Waals surface area contributed by atoms with Gasteiger partial charge in [-0.2, -0.15) is 13.2 Å². The SMILES string of the molecule is FC(F)(F)c1cc2c(N=CC3c4ccccc4CC[C@@H]3N3C4CCC3COC4)ncnc2[nH]1. The molecule has 33 heavy (non-hydrogen) atoms. The minimum absolute atomic E-state index is 0.0298. The average Bonchev–Trinajstić information content (AvgIpc) is 3.36. The summed E-state index contributed by atoms with van der Waals surface area (Å²) in [6, 6.07) is 10.5. The van der Waals surface area contributed by atoms with Gasteiger partial charge >= 0.3 is 6.18 Å². The van der Waals surface area contributed by atoms with Crippen LogP contribution < -0.4 is 0 Å². The predicted octanol–water partition coefficient (Wildman–Crippen LogP) is 4.64. The molecule has 3 aliphatic rings. The third kappa shape index (κ3) is 3.63. The van der Waals surface area contributed by atoms with Crippen LogP contribution in [0.4, 0.5) is 19.0 Å². The van der Waals surface area contributed by atoms with Gasteiger partial charge in [0.1, 0.15) is 17.7 Å². The van der Waals surface area contributed by atoms with E-state index in [-0.39, 0.29) is 28.8 Å². The highest BCUT2D eigenvalue weighted by Gasteiger charge is 2.45. The van der Waals surface area contributed by atoms with Crippen LogP contribution in [0, 0.1) is 0 Å². The lowest BCUT2D eigenvalue weighted by atomic mass is 9.78. The Bertz CT molecular complexity index is 1190. The molecule has 2 aromatic heterocycles. The molecule has 2 fully saturated rings. The monoisotopic (exact) mass is 455 g/mol. The molecule has 9 heteroatoms. The quantitative estimate of drug-likeness (QED) is 0.585. The molecule has 0 amide bonds. The van der Waals surface area contributed by atoms with Crippen molar-refractivity contribution in [1.29, 1.82) is 0 Å². The average molecular weight is 455 g/mol.